The molecule has 0 amide bonds. The van der Waals surface area contributed by atoms with Crippen LogP contribution in [0, 0.1) is 5.41 Å². The molecule has 98 valence electrons. The van der Waals surface area contributed by atoms with Crippen LogP contribution in [0.25, 0.3) is 0 Å². The van der Waals surface area contributed by atoms with Crippen LogP contribution in [0.15, 0.2) is 24.3 Å². The first-order chi connectivity index (χ1) is 8.46. The monoisotopic (exact) mass is 247 g/mol. The fourth-order valence-corrected chi connectivity index (χ4v) is 2.38. The molecule has 0 aliphatic heterocycles. The summed E-state index contributed by atoms with van der Waals surface area (Å²) in [5.74, 6) is -0.257. The SMILES string of the molecule is CC1(C)CCC(OC(=O)c2cccc(N)c2)CC1. The van der Waals surface area contributed by atoms with Crippen molar-refractivity contribution in [1.82, 2.24) is 0 Å². The molecule has 1 aromatic carbocycles. The van der Waals surface area contributed by atoms with Gasteiger partial charge < -0.3 is 10.5 Å². The lowest BCUT2D eigenvalue weighted by Crippen LogP contribution is -2.28. The smallest absolute Gasteiger partial charge is 0.338 e. The second kappa shape index (κ2) is 5.01. The number of rotatable bonds is 2. The molecule has 2 rings (SSSR count). The minimum Gasteiger partial charge on any atom is -0.459 e. The van der Waals surface area contributed by atoms with Crippen LogP contribution in [0.3, 0.4) is 0 Å². The van der Waals surface area contributed by atoms with Gasteiger partial charge in [0.25, 0.3) is 0 Å². The first-order valence-corrected chi connectivity index (χ1v) is 6.53. The molecular weight excluding hydrogens is 226 g/mol. The Morgan fingerprint density at radius 3 is 2.61 bits per heavy atom. The lowest BCUT2D eigenvalue weighted by Gasteiger charge is -2.33. The number of anilines is 1. The molecule has 3 heteroatoms. The molecule has 0 spiro atoms. The number of carbonyl (C=O) groups is 1. The maximum absolute atomic E-state index is 11.9. The van der Waals surface area contributed by atoms with Gasteiger partial charge in [0.1, 0.15) is 6.10 Å². The number of esters is 1. The van der Waals surface area contributed by atoms with E-state index in [0.29, 0.717) is 16.7 Å². The lowest BCUT2D eigenvalue weighted by atomic mass is 9.76. The molecule has 0 heterocycles. The highest BCUT2D eigenvalue weighted by atomic mass is 16.5. The molecule has 0 aromatic heterocycles. The maximum atomic E-state index is 11.9. The zero-order chi connectivity index (χ0) is 13.2. The number of hydrogen-bond donors (Lipinski definition) is 1. The van der Waals surface area contributed by atoms with Crippen LogP contribution in [0.2, 0.25) is 0 Å². The van der Waals surface area contributed by atoms with Crippen LogP contribution in [0.1, 0.15) is 49.9 Å². The summed E-state index contributed by atoms with van der Waals surface area (Å²) in [6.45, 7) is 4.53. The van der Waals surface area contributed by atoms with E-state index in [2.05, 4.69) is 13.8 Å². The van der Waals surface area contributed by atoms with Crippen LogP contribution in [-0.2, 0) is 4.74 Å². The van der Waals surface area contributed by atoms with Crippen LogP contribution < -0.4 is 5.73 Å². The van der Waals surface area contributed by atoms with Gasteiger partial charge in [0.15, 0.2) is 0 Å². The van der Waals surface area contributed by atoms with Crippen molar-refractivity contribution in [1.29, 1.82) is 0 Å². The standard InChI is InChI=1S/C15H21NO2/c1-15(2)8-6-13(7-9-15)18-14(17)11-4-3-5-12(16)10-11/h3-5,10,13H,6-9,16H2,1-2H3. The summed E-state index contributed by atoms with van der Waals surface area (Å²) in [5.41, 5.74) is 7.18. The molecule has 0 saturated heterocycles. The number of carbonyl (C=O) groups excluding carboxylic acids is 1. The molecule has 18 heavy (non-hydrogen) atoms. The molecular formula is C15H21NO2. The third-order valence-electron chi connectivity index (χ3n) is 3.68. The van der Waals surface area contributed by atoms with Gasteiger partial charge in [-0.15, -0.1) is 0 Å². The molecule has 2 N–H and O–H groups in total. The highest BCUT2D eigenvalue weighted by molar-refractivity contribution is 5.90. The Bertz CT molecular complexity index is 430. The summed E-state index contributed by atoms with van der Waals surface area (Å²) in [4.78, 5) is 11.9. The van der Waals surface area contributed by atoms with Gasteiger partial charge in [0, 0.05) is 5.69 Å². The Labute approximate surface area is 108 Å². The molecule has 3 nitrogen and oxygen atoms in total. The Hall–Kier alpha value is -1.51. The van der Waals surface area contributed by atoms with Gasteiger partial charge in [-0.2, -0.15) is 0 Å². The minimum atomic E-state index is -0.257. The molecule has 1 fully saturated rings. The van der Waals surface area contributed by atoms with Gasteiger partial charge >= 0.3 is 5.97 Å². The second-order valence-electron chi connectivity index (χ2n) is 5.89. The first kappa shape index (κ1) is 12.9. The van der Waals surface area contributed by atoms with Crippen molar-refractivity contribution in [2.24, 2.45) is 5.41 Å². The molecule has 1 aromatic rings. The van der Waals surface area contributed by atoms with Crippen LogP contribution in [0.5, 0.6) is 0 Å². The predicted molar refractivity (Wildman–Crippen MR) is 72.3 cm³/mol. The van der Waals surface area contributed by atoms with Crippen molar-refractivity contribution < 1.29 is 9.53 Å². The molecule has 1 aliphatic carbocycles. The Morgan fingerprint density at radius 1 is 1.33 bits per heavy atom. The van der Waals surface area contributed by atoms with Crippen molar-refractivity contribution in [2.45, 2.75) is 45.6 Å². The van der Waals surface area contributed by atoms with Crippen LogP contribution in [-0.4, -0.2) is 12.1 Å². The normalized spacial score (nSPS) is 19.4. The summed E-state index contributed by atoms with van der Waals surface area (Å²) < 4.78 is 5.53. The van der Waals surface area contributed by atoms with E-state index in [9.17, 15) is 4.79 Å². The van der Waals surface area contributed by atoms with E-state index >= 15 is 0 Å². The average molecular weight is 247 g/mol. The van der Waals surface area contributed by atoms with Gasteiger partial charge in [-0.3, -0.25) is 0 Å². The summed E-state index contributed by atoms with van der Waals surface area (Å²) in [6.07, 6.45) is 4.21. The van der Waals surface area contributed by atoms with Crippen molar-refractivity contribution in [3.63, 3.8) is 0 Å². The second-order valence-corrected chi connectivity index (χ2v) is 5.89. The van der Waals surface area contributed by atoms with Crippen LogP contribution >= 0.6 is 0 Å². The number of hydrogen-bond acceptors (Lipinski definition) is 3. The highest BCUT2D eigenvalue weighted by Gasteiger charge is 2.28. The third-order valence-corrected chi connectivity index (χ3v) is 3.68. The van der Waals surface area contributed by atoms with E-state index < -0.39 is 0 Å². The summed E-state index contributed by atoms with van der Waals surface area (Å²) >= 11 is 0. The van der Waals surface area contributed by atoms with Crippen LogP contribution in [0.4, 0.5) is 5.69 Å². The van der Waals surface area contributed by atoms with E-state index in [1.807, 2.05) is 0 Å². The molecule has 1 saturated carbocycles. The van der Waals surface area contributed by atoms with Gasteiger partial charge in [-0.05, 0) is 49.3 Å². The fourth-order valence-electron chi connectivity index (χ4n) is 2.38. The Balaban J connectivity index is 1.93. The highest BCUT2D eigenvalue weighted by Crippen LogP contribution is 2.36. The van der Waals surface area contributed by atoms with Gasteiger partial charge in [0.05, 0.1) is 5.56 Å². The topological polar surface area (TPSA) is 52.3 Å². The largest absolute Gasteiger partial charge is 0.459 e. The molecule has 0 bridgehead atoms. The quantitative estimate of drug-likeness (QED) is 0.643. The maximum Gasteiger partial charge on any atom is 0.338 e. The number of nitrogen functional groups attached to an aromatic ring is 1. The van der Waals surface area contributed by atoms with E-state index in [4.69, 9.17) is 10.5 Å². The van der Waals surface area contributed by atoms with Crippen molar-refractivity contribution >= 4 is 11.7 Å². The van der Waals surface area contributed by atoms with E-state index in [1.165, 1.54) is 0 Å². The third kappa shape index (κ3) is 3.25. The predicted octanol–water partition coefficient (Wildman–Crippen LogP) is 3.39. The number of benzene rings is 1. The van der Waals surface area contributed by atoms with E-state index in [0.717, 1.165) is 25.7 Å². The summed E-state index contributed by atoms with van der Waals surface area (Å²) in [7, 11) is 0. The van der Waals surface area contributed by atoms with Crippen molar-refractivity contribution in [3.05, 3.63) is 29.8 Å². The summed E-state index contributed by atoms with van der Waals surface area (Å²) in [5, 5.41) is 0. The van der Waals surface area contributed by atoms with Crippen molar-refractivity contribution in [2.75, 3.05) is 5.73 Å². The number of ether oxygens (including phenoxy) is 1. The van der Waals surface area contributed by atoms with Gasteiger partial charge in [-0.1, -0.05) is 19.9 Å². The first-order valence-electron chi connectivity index (χ1n) is 6.53. The summed E-state index contributed by atoms with van der Waals surface area (Å²) in [6, 6.07) is 6.94. The fraction of sp³-hybridized carbons (Fsp3) is 0.533. The average Bonchev–Trinajstić information content (AvgIpc) is 2.32. The van der Waals surface area contributed by atoms with Gasteiger partial charge in [-0.25, -0.2) is 4.79 Å². The molecule has 1 aliphatic rings. The minimum absolute atomic E-state index is 0.0620. The number of nitrogens with two attached hydrogens (primary N) is 1. The Kier molecular flexibility index (Phi) is 3.60. The van der Waals surface area contributed by atoms with E-state index in [1.54, 1.807) is 24.3 Å². The Morgan fingerprint density at radius 2 is 2.00 bits per heavy atom. The van der Waals surface area contributed by atoms with E-state index in [-0.39, 0.29) is 12.1 Å². The molecule has 0 atom stereocenters. The van der Waals surface area contributed by atoms with Gasteiger partial charge in [0.2, 0.25) is 0 Å². The lowest BCUT2D eigenvalue weighted by molar-refractivity contribution is 0.00952. The molecule has 0 radical (unpaired) electrons. The zero-order valence-electron chi connectivity index (χ0n) is 11.1. The molecule has 0 unspecified atom stereocenters. The zero-order valence-corrected chi connectivity index (χ0v) is 11.1. The van der Waals surface area contributed by atoms with Crippen molar-refractivity contribution in [3.8, 4) is 0 Å².